The largest absolute Gasteiger partial charge is 0.296 e. The Morgan fingerprint density at radius 2 is 1.90 bits per heavy atom. The van der Waals surface area contributed by atoms with Crippen molar-refractivity contribution in [3.63, 3.8) is 0 Å². The Morgan fingerprint density at radius 1 is 1.14 bits per heavy atom. The first kappa shape index (κ1) is 16.8. The van der Waals surface area contributed by atoms with Crippen molar-refractivity contribution in [3.8, 4) is 0 Å². The van der Waals surface area contributed by atoms with Crippen molar-refractivity contribution in [2.75, 3.05) is 11.5 Å². The van der Waals surface area contributed by atoms with Crippen LogP contribution < -0.4 is 0 Å². The summed E-state index contributed by atoms with van der Waals surface area (Å²) < 4.78 is 1.07. The van der Waals surface area contributed by atoms with Crippen LogP contribution in [0.2, 0.25) is 10.0 Å². The van der Waals surface area contributed by atoms with E-state index in [2.05, 4.69) is 51.8 Å². The summed E-state index contributed by atoms with van der Waals surface area (Å²) in [5.41, 5.74) is 3.62. The molecule has 0 radical (unpaired) electrons. The first-order chi connectivity index (χ1) is 10.2. The summed E-state index contributed by atoms with van der Waals surface area (Å²) in [6.07, 6.45) is 2.96. The van der Waals surface area contributed by atoms with Gasteiger partial charge in [-0.3, -0.25) is 4.99 Å². The normalized spacial score (nSPS) is 12.8. The van der Waals surface area contributed by atoms with Crippen molar-refractivity contribution >= 4 is 52.0 Å². The van der Waals surface area contributed by atoms with Crippen LogP contribution in [0.3, 0.4) is 0 Å². The minimum atomic E-state index is 0.297. The molecule has 2 aromatic carbocycles. The molecule has 0 aliphatic carbocycles. The Hall–Kier alpha value is -0.580. The van der Waals surface area contributed by atoms with E-state index in [9.17, 15) is 0 Å². The van der Waals surface area contributed by atoms with E-state index in [1.165, 1.54) is 11.1 Å². The SMILES string of the molecule is CN=Cc1ccccc1[C@@H](CCI)c1ccc(Cl)c(Cl)c1. The first-order valence-electron chi connectivity index (χ1n) is 6.69. The van der Waals surface area contributed by atoms with Gasteiger partial charge in [0, 0.05) is 23.6 Å². The lowest BCUT2D eigenvalue weighted by atomic mass is 9.86. The highest BCUT2D eigenvalue weighted by Gasteiger charge is 2.17. The van der Waals surface area contributed by atoms with Gasteiger partial charge in [-0.2, -0.15) is 0 Å². The zero-order valence-corrected chi connectivity index (χ0v) is 15.4. The van der Waals surface area contributed by atoms with Crippen molar-refractivity contribution < 1.29 is 0 Å². The number of benzene rings is 2. The second-order valence-electron chi connectivity index (χ2n) is 4.72. The first-order valence-corrected chi connectivity index (χ1v) is 8.97. The van der Waals surface area contributed by atoms with Crippen molar-refractivity contribution in [1.29, 1.82) is 0 Å². The van der Waals surface area contributed by atoms with Crippen molar-refractivity contribution in [2.45, 2.75) is 12.3 Å². The molecule has 0 aliphatic rings. The predicted molar refractivity (Wildman–Crippen MR) is 102 cm³/mol. The van der Waals surface area contributed by atoms with E-state index in [1.807, 2.05) is 24.4 Å². The number of halogens is 3. The van der Waals surface area contributed by atoms with Gasteiger partial charge in [-0.25, -0.2) is 0 Å². The van der Waals surface area contributed by atoms with Crippen LogP contribution in [0.4, 0.5) is 0 Å². The van der Waals surface area contributed by atoms with Gasteiger partial charge in [0.15, 0.2) is 0 Å². The highest BCUT2D eigenvalue weighted by atomic mass is 127. The molecular formula is C17H16Cl2IN. The van der Waals surface area contributed by atoms with Crippen LogP contribution in [0, 0.1) is 0 Å². The number of hydrogen-bond donors (Lipinski definition) is 0. The number of nitrogens with zero attached hydrogens (tertiary/aromatic N) is 1. The van der Waals surface area contributed by atoms with Crippen molar-refractivity contribution in [3.05, 3.63) is 69.2 Å². The van der Waals surface area contributed by atoms with E-state index in [4.69, 9.17) is 23.2 Å². The summed E-state index contributed by atoms with van der Waals surface area (Å²) in [6.45, 7) is 0. The monoisotopic (exact) mass is 431 g/mol. The van der Waals surface area contributed by atoms with Crippen LogP contribution in [0.5, 0.6) is 0 Å². The molecule has 2 rings (SSSR count). The molecule has 0 amide bonds. The molecule has 4 heteroatoms. The lowest BCUT2D eigenvalue weighted by molar-refractivity contribution is 0.791. The number of aliphatic imine (C=N–C) groups is 1. The van der Waals surface area contributed by atoms with Crippen molar-refractivity contribution in [2.24, 2.45) is 4.99 Å². The zero-order chi connectivity index (χ0) is 15.2. The second kappa shape index (κ2) is 8.16. The fraction of sp³-hybridized carbons (Fsp3) is 0.235. The third-order valence-electron chi connectivity index (χ3n) is 3.38. The number of alkyl halides is 1. The second-order valence-corrected chi connectivity index (χ2v) is 6.61. The highest BCUT2D eigenvalue weighted by molar-refractivity contribution is 14.1. The van der Waals surface area contributed by atoms with Gasteiger partial charge in [0.25, 0.3) is 0 Å². The summed E-state index contributed by atoms with van der Waals surface area (Å²) in [5, 5.41) is 1.20. The summed E-state index contributed by atoms with van der Waals surface area (Å²) in [5.74, 6) is 0.297. The third kappa shape index (κ3) is 4.21. The molecule has 0 aromatic heterocycles. The molecule has 2 aromatic rings. The van der Waals surface area contributed by atoms with Crippen LogP contribution >= 0.6 is 45.8 Å². The van der Waals surface area contributed by atoms with Crippen LogP contribution in [-0.4, -0.2) is 17.7 Å². The Kier molecular flexibility index (Phi) is 6.52. The molecule has 0 spiro atoms. The van der Waals surface area contributed by atoms with E-state index in [-0.39, 0.29) is 0 Å². The van der Waals surface area contributed by atoms with Gasteiger partial charge in [0.1, 0.15) is 0 Å². The van der Waals surface area contributed by atoms with Gasteiger partial charge in [0.2, 0.25) is 0 Å². The van der Waals surface area contributed by atoms with E-state index >= 15 is 0 Å². The van der Waals surface area contributed by atoms with Gasteiger partial charge in [0.05, 0.1) is 10.0 Å². The number of rotatable bonds is 5. The maximum Gasteiger partial charge on any atom is 0.0595 e. The van der Waals surface area contributed by atoms with Gasteiger partial charge in [-0.15, -0.1) is 0 Å². The predicted octanol–water partition coefficient (Wildman–Crippen LogP) is 6.00. The van der Waals surface area contributed by atoms with E-state index in [1.54, 1.807) is 7.05 Å². The maximum atomic E-state index is 6.19. The topological polar surface area (TPSA) is 12.4 Å². The molecule has 21 heavy (non-hydrogen) atoms. The summed E-state index contributed by atoms with van der Waals surface area (Å²) >= 11 is 14.6. The minimum absolute atomic E-state index is 0.297. The van der Waals surface area contributed by atoms with E-state index in [0.29, 0.717) is 16.0 Å². The molecule has 110 valence electrons. The van der Waals surface area contributed by atoms with Gasteiger partial charge in [-0.1, -0.05) is 76.1 Å². The molecule has 0 aliphatic heterocycles. The molecule has 0 heterocycles. The van der Waals surface area contributed by atoms with E-state index in [0.717, 1.165) is 16.4 Å². The average Bonchev–Trinajstić information content (AvgIpc) is 2.49. The Morgan fingerprint density at radius 3 is 2.57 bits per heavy atom. The summed E-state index contributed by atoms with van der Waals surface area (Å²) in [4.78, 5) is 4.16. The minimum Gasteiger partial charge on any atom is -0.296 e. The van der Waals surface area contributed by atoms with Crippen LogP contribution in [-0.2, 0) is 0 Å². The molecule has 0 saturated carbocycles. The molecule has 1 nitrogen and oxygen atoms in total. The van der Waals surface area contributed by atoms with Crippen molar-refractivity contribution in [1.82, 2.24) is 0 Å². The Balaban J connectivity index is 2.50. The smallest absolute Gasteiger partial charge is 0.0595 e. The highest BCUT2D eigenvalue weighted by Crippen LogP contribution is 2.34. The molecule has 0 fully saturated rings. The third-order valence-corrected chi connectivity index (χ3v) is 4.75. The van der Waals surface area contributed by atoms with Gasteiger partial charge >= 0.3 is 0 Å². The molecule has 0 N–H and O–H groups in total. The van der Waals surface area contributed by atoms with Crippen LogP contribution in [0.25, 0.3) is 0 Å². The standard InChI is InChI=1S/C17H16Cl2IN/c1-21-11-13-4-2-3-5-14(13)15(8-9-20)12-6-7-16(18)17(19)10-12/h2-7,10-11,15H,8-9H2,1H3/t15-/m0/s1. The lowest BCUT2D eigenvalue weighted by Gasteiger charge is -2.19. The molecule has 1 atom stereocenters. The fourth-order valence-corrected chi connectivity index (χ4v) is 3.35. The zero-order valence-electron chi connectivity index (χ0n) is 11.7. The molecule has 0 bridgehead atoms. The number of hydrogen-bond acceptors (Lipinski definition) is 1. The molecular weight excluding hydrogens is 416 g/mol. The van der Waals surface area contributed by atoms with Crippen LogP contribution in [0.1, 0.15) is 29.0 Å². The summed E-state index contributed by atoms with van der Waals surface area (Å²) in [6, 6.07) is 14.3. The Bertz CT molecular complexity index is 640. The quantitative estimate of drug-likeness (QED) is 0.312. The van der Waals surface area contributed by atoms with Gasteiger partial charge in [-0.05, 0) is 35.2 Å². The van der Waals surface area contributed by atoms with Gasteiger partial charge < -0.3 is 0 Å². The summed E-state index contributed by atoms with van der Waals surface area (Å²) in [7, 11) is 1.79. The maximum absolute atomic E-state index is 6.19. The lowest BCUT2D eigenvalue weighted by Crippen LogP contribution is -2.05. The van der Waals surface area contributed by atoms with Crippen LogP contribution in [0.15, 0.2) is 47.5 Å². The fourth-order valence-electron chi connectivity index (χ4n) is 2.42. The molecule has 0 saturated heterocycles. The van der Waals surface area contributed by atoms with E-state index < -0.39 is 0 Å². The Labute approximate surface area is 149 Å². The molecule has 0 unspecified atom stereocenters. The average molecular weight is 432 g/mol.